The van der Waals surface area contributed by atoms with Gasteiger partial charge in [0.25, 0.3) is 17.5 Å². The van der Waals surface area contributed by atoms with E-state index in [1.807, 2.05) is 6.07 Å². The van der Waals surface area contributed by atoms with Gasteiger partial charge in [-0.2, -0.15) is 0 Å². The summed E-state index contributed by atoms with van der Waals surface area (Å²) in [5.74, 6) is -0.851. The maximum absolute atomic E-state index is 12.9. The summed E-state index contributed by atoms with van der Waals surface area (Å²) in [6.07, 6.45) is 0. The molecule has 0 aliphatic heterocycles. The number of hydrogen-bond donors (Lipinski definition) is 2. The summed E-state index contributed by atoms with van der Waals surface area (Å²) < 4.78 is 1.35. The van der Waals surface area contributed by atoms with Gasteiger partial charge in [0.15, 0.2) is 5.69 Å². The molecule has 2 amide bonds. The Morgan fingerprint density at radius 3 is 2.18 bits per heavy atom. The smallest absolute Gasteiger partial charge is 0.278 e. The maximum atomic E-state index is 12.9. The van der Waals surface area contributed by atoms with Crippen LogP contribution in [0.3, 0.4) is 0 Å². The third-order valence-electron chi connectivity index (χ3n) is 4.85. The fourth-order valence-electron chi connectivity index (χ4n) is 3.19. The number of carbonyl (C=O) groups excluding carboxylic acids is 2. The normalized spacial score (nSPS) is 10.5. The van der Waals surface area contributed by atoms with E-state index in [9.17, 15) is 19.7 Å². The summed E-state index contributed by atoms with van der Waals surface area (Å²) in [5.41, 5.74) is 2.04. The van der Waals surface area contributed by atoms with Crippen molar-refractivity contribution in [3.05, 3.63) is 106 Å². The van der Waals surface area contributed by atoms with Crippen molar-refractivity contribution in [2.45, 2.75) is 6.92 Å². The van der Waals surface area contributed by atoms with Crippen molar-refractivity contribution in [1.82, 2.24) is 15.0 Å². The molecule has 33 heavy (non-hydrogen) atoms. The fourth-order valence-corrected chi connectivity index (χ4v) is 3.19. The molecule has 164 valence electrons. The van der Waals surface area contributed by atoms with Crippen LogP contribution in [0, 0.1) is 17.0 Å². The van der Waals surface area contributed by atoms with Crippen LogP contribution in [0.15, 0.2) is 78.9 Å². The third-order valence-corrected chi connectivity index (χ3v) is 4.85. The molecule has 10 heteroatoms. The number of carbonyl (C=O) groups is 2. The Kier molecular flexibility index (Phi) is 5.90. The molecular formula is C23H18N6O4. The first-order valence-corrected chi connectivity index (χ1v) is 9.88. The van der Waals surface area contributed by atoms with E-state index >= 15 is 0 Å². The topological polar surface area (TPSA) is 132 Å². The van der Waals surface area contributed by atoms with Gasteiger partial charge < -0.3 is 10.6 Å². The van der Waals surface area contributed by atoms with Crippen LogP contribution in [0.25, 0.3) is 5.69 Å². The summed E-state index contributed by atoms with van der Waals surface area (Å²) in [6.45, 7) is 1.64. The van der Waals surface area contributed by atoms with Gasteiger partial charge in [0.1, 0.15) is 0 Å². The average molecular weight is 442 g/mol. The van der Waals surface area contributed by atoms with Crippen LogP contribution in [-0.4, -0.2) is 31.7 Å². The standard InChI is InChI=1S/C23H18N6O4/c1-15-21(26-27-28(15)17-10-7-11-18(14-17)29(32)33)23(31)25-20-13-6-5-12-19(20)24-22(30)16-8-3-2-4-9-16/h2-14H,1H3,(H,24,30)(H,25,31). The van der Waals surface area contributed by atoms with Crippen molar-refractivity contribution < 1.29 is 14.5 Å². The number of nitrogens with one attached hydrogen (secondary N) is 2. The molecule has 4 rings (SSSR count). The van der Waals surface area contributed by atoms with Gasteiger partial charge in [-0.15, -0.1) is 5.10 Å². The van der Waals surface area contributed by atoms with Crippen LogP contribution in [0.1, 0.15) is 26.5 Å². The number of nitro groups is 1. The molecule has 0 saturated heterocycles. The van der Waals surface area contributed by atoms with Gasteiger partial charge in [-0.1, -0.05) is 41.6 Å². The number of para-hydroxylation sites is 2. The zero-order chi connectivity index (χ0) is 23.4. The van der Waals surface area contributed by atoms with Crippen molar-refractivity contribution in [3.8, 4) is 5.69 Å². The highest BCUT2D eigenvalue weighted by Gasteiger charge is 2.20. The van der Waals surface area contributed by atoms with E-state index in [1.54, 1.807) is 61.5 Å². The first kappa shape index (κ1) is 21.4. The first-order chi connectivity index (χ1) is 15.9. The lowest BCUT2D eigenvalue weighted by Gasteiger charge is -2.12. The quantitative estimate of drug-likeness (QED) is 0.343. The van der Waals surface area contributed by atoms with Crippen molar-refractivity contribution in [2.75, 3.05) is 10.6 Å². The highest BCUT2D eigenvalue weighted by atomic mass is 16.6. The van der Waals surface area contributed by atoms with E-state index in [-0.39, 0.29) is 17.3 Å². The summed E-state index contributed by atoms with van der Waals surface area (Å²) in [6, 6.07) is 21.4. The molecule has 0 fully saturated rings. The van der Waals surface area contributed by atoms with E-state index in [0.717, 1.165) is 0 Å². The van der Waals surface area contributed by atoms with Gasteiger partial charge in [0.05, 0.1) is 27.7 Å². The highest BCUT2D eigenvalue weighted by molar-refractivity contribution is 6.09. The van der Waals surface area contributed by atoms with Crippen LogP contribution in [0.2, 0.25) is 0 Å². The van der Waals surface area contributed by atoms with E-state index in [2.05, 4.69) is 20.9 Å². The lowest BCUT2D eigenvalue weighted by Crippen LogP contribution is -2.17. The molecule has 0 saturated carbocycles. The summed E-state index contributed by atoms with van der Waals surface area (Å²) in [4.78, 5) is 36.0. The van der Waals surface area contributed by atoms with Gasteiger partial charge in [-0.25, -0.2) is 4.68 Å². The third kappa shape index (κ3) is 4.59. The lowest BCUT2D eigenvalue weighted by molar-refractivity contribution is -0.384. The minimum absolute atomic E-state index is 0.0469. The van der Waals surface area contributed by atoms with Gasteiger partial charge in [-0.05, 0) is 37.3 Å². The summed E-state index contributed by atoms with van der Waals surface area (Å²) in [5, 5.41) is 24.5. The molecule has 1 aromatic heterocycles. The second-order valence-electron chi connectivity index (χ2n) is 7.03. The van der Waals surface area contributed by atoms with E-state index in [1.165, 1.54) is 22.9 Å². The molecule has 3 aromatic carbocycles. The van der Waals surface area contributed by atoms with Crippen LogP contribution in [0.5, 0.6) is 0 Å². The molecule has 0 radical (unpaired) electrons. The van der Waals surface area contributed by atoms with Gasteiger partial charge in [0, 0.05) is 17.7 Å². The Morgan fingerprint density at radius 1 is 0.879 bits per heavy atom. The van der Waals surface area contributed by atoms with E-state index in [4.69, 9.17) is 0 Å². The van der Waals surface area contributed by atoms with Crippen LogP contribution in [-0.2, 0) is 0 Å². The zero-order valence-corrected chi connectivity index (χ0v) is 17.4. The summed E-state index contributed by atoms with van der Waals surface area (Å²) >= 11 is 0. The molecule has 0 atom stereocenters. The number of anilines is 2. The number of aromatic nitrogens is 3. The lowest BCUT2D eigenvalue weighted by atomic mass is 10.2. The Bertz CT molecular complexity index is 1350. The monoisotopic (exact) mass is 442 g/mol. The molecule has 2 N–H and O–H groups in total. The Labute approximate surface area is 188 Å². The second-order valence-corrected chi connectivity index (χ2v) is 7.03. The number of nitrogens with zero attached hydrogens (tertiary/aromatic N) is 4. The largest absolute Gasteiger partial charge is 0.320 e. The molecule has 0 bridgehead atoms. The van der Waals surface area contributed by atoms with Crippen molar-refractivity contribution in [2.24, 2.45) is 0 Å². The Morgan fingerprint density at radius 2 is 1.52 bits per heavy atom. The van der Waals surface area contributed by atoms with Crippen LogP contribution in [0.4, 0.5) is 17.1 Å². The van der Waals surface area contributed by atoms with Crippen molar-refractivity contribution in [1.29, 1.82) is 0 Å². The molecule has 0 unspecified atom stereocenters. The van der Waals surface area contributed by atoms with E-state index in [0.29, 0.717) is 28.3 Å². The average Bonchev–Trinajstić information content (AvgIpc) is 3.22. The number of amides is 2. The molecule has 0 spiro atoms. The number of non-ortho nitro benzene ring substituents is 1. The Hall–Kier alpha value is -4.86. The predicted octanol–water partition coefficient (Wildman–Crippen LogP) is 3.99. The van der Waals surface area contributed by atoms with Crippen LogP contribution < -0.4 is 10.6 Å². The number of rotatable bonds is 6. The first-order valence-electron chi connectivity index (χ1n) is 9.88. The molecule has 4 aromatic rings. The maximum Gasteiger partial charge on any atom is 0.278 e. The number of nitro benzene ring substituents is 1. The van der Waals surface area contributed by atoms with Crippen molar-refractivity contribution >= 4 is 28.9 Å². The molecular weight excluding hydrogens is 424 g/mol. The van der Waals surface area contributed by atoms with Gasteiger partial charge >= 0.3 is 0 Å². The minimum Gasteiger partial charge on any atom is -0.320 e. The van der Waals surface area contributed by atoms with Crippen molar-refractivity contribution in [3.63, 3.8) is 0 Å². The molecule has 10 nitrogen and oxygen atoms in total. The van der Waals surface area contributed by atoms with Gasteiger partial charge in [0.2, 0.25) is 0 Å². The Balaban J connectivity index is 1.56. The predicted molar refractivity (Wildman–Crippen MR) is 122 cm³/mol. The highest BCUT2D eigenvalue weighted by Crippen LogP contribution is 2.23. The SMILES string of the molecule is Cc1c(C(=O)Nc2ccccc2NC(=O)c2ccccc2)nnn1-c1cccc([N+](=O)[O-])c1. The fraction of sp³-hybridized carbons (Fsp3) is 0.0435. The second kappa shape index (κ2) is 9.10. The molecule has 1 heterocycles. The van der Waals surface area contributed by atoms with E-state index < -0.39 is 10.8 Å². The van der Waals surface area contributed by atoms with Gasteiger partial charge in [-0.3, -0.25) is 19.7 Å². The number of hydrogen-bond acceptors (Lipinski definition) is 6. The minimum atomic E-state index is -0.536. The van der Waals surface area contributed by atoms with Crippen LogP contribution >= 0.6 is 0 Å². The molecule has 0 aliphatic rings. The zero-order valence-electron chi connectivity index (χ0n) is 17.4. The summed E-state index contributed by atoms with van der Waals surface area (Å²) in [7, 11) is 0. The number of benzene rings is 3. The molecule has 0 aliphatic carbocycles.